The zero-order valence-corrected chi connectivity index (χ0v) is 13.3. The van der Waals surface area contributed by atoms with Gasteiger partial charge >= 0.3 is 6.03 Å². The molecule has 2 rings (SSSR count). The first-order valence-corrected chi connectivity index (χ1v) is 7.34. The lowest BCUT2D eigenvalue weighted by atomic mass is 10.1. The average molecular weight is 298 g/mol. The van der Waals surface area contributed by atoms with Gasteiger partial charge in [0.2, 0.25) is 0 Å². The molecule has 0 atom stereocenters. The summed E-state index contributed by atoms with van der Waals surface area (Å²) in [5.74, 6) is 0.652. The van der Waals surface area contributed by atoms with Crippen LogP contribution in [-0.4, -0.2) is 19.7 Å². The first-order chi connectivity index (χ1) is 10.6. The summed E-state index contributed by atoms with van der Waals surface area (Å²) in [5, 5.41) is 5.70. The van der Waals surface area contributed by atoms with E-state index in [1.54, 1.807) is 7.11 Å². The first kappa shape index (κ1) is 15.9. The van der Waals surface area contributed by atoms with Crippen molar-refractivity contribution in [2.45, 2.75) is 20.3 Å². The number of hydrogen-bond acceptors (Lipinski definition) is 2. The predicted octanol–water partition coefficient (Wildman–Crippen LogP) is 3.68. The molecule has 116 valence electrons. The Bertz CT molecular complexity index is 653. The number of ether oxygens (including phenoxy) is 1. The van der Waals surface area contributed by atoms with Gasteiger partial charge in [-0.25, -0.2) is 4.79 Å². The van der Waals surface area contributed by atoms with Gasteiger partial charge < -0.3 is 15.4 Å². The van der Waals surface area contributed by atoms with Crippen LogP contribution in [-0.2, 0) is 6.42 Å². The molecule has 0 saturated carbocycles. The lowest BCUT2D eigenvalue weighted by Gasteiger charge is -2.12. The smallest absolute Gasteiger partial charge is 0.319 e. The molecule has 0 heterocycles. The van der Waals surface area contributed by atoms with Crippen molar-refractivity contribution in [3.8, 4) is 5.75 Å². The molecule has 4 heteroatoms. The van der Waals surface area contributed by atoms with Crippen molar-refractivity contribution >= 4 is 11.7 Å². The van der Waals surface area contributed by atoms with Crippen LogP contribution >= 0.6 is 0 Å². The summed E-state index contributed by atoms with van der Waals surface area (Å²) in [4.78, 5) is 12.0. The fraction of sp³-hybridized carbons (Fsp3) is 0.278. The molecular weight excluding hydrogens is 276 g/mol. The SMILES string of the molecule is COc1ccc(C)cc1NC(=O)NCCc1ccccc1C. The number of carbonyl (C=O) groups is 1. The van der Waals surface area contributed by atoms with Gasteiger partial charge in [0.15, 0.2) is 0 Å². The molecular formula is C18H22N2O2. The number of hydrogen-bond donors (Lipinski definition) is 2. The quantitative estimate of drug-likeness (QED) is 0.884. The van der Waals surface area contributed by atoms with Gasteiger partial charge in [0.1, 0.15) is 5.75 Å². The summed E-state index contributed by atoms with van der Waals surface area (Å²) in [7, 11) is 1.59. The highest BCUT2D eigenvalue weighted by atomic mass is 16.5. The number of aryl methyl sites for hydroxylation is 2. The molecule has 0 aliphatic carbocycles. The average Bonchev–Trinajstić information content (AvgIpc) is 2.49. The number of nitrogens with one attached hydrogen (secondary N) is 2. The zero-order chi connectivity index (χ0) is 15.9. The maximum atomic E-state index is 12.0. The summed E-state index contributed by atoms with van der Waals surface area (Å²) in [6.45, 7) is 4.64. The van der Waals surface area contributed by atoms with Gasteiger partial charge in [0.25, 0.3) is 0 Å². The van der Waals surface area contributed by atoms with Gasteiger partial charge in [-0.3, -0.25) is 0 Å². The Morgan fingerprint density at radius 1 is 1.14 bits per heavy atom. The number of urea groups is 1. The third-order valence-electron chi connectivity index (χ3n) is 3.54. The van der Waals surface area contributed by atoms with Crippen LogP contribution in [0.5, 0.6) is 5.75 Å². The van der Waals surface area contributed by atoms with E-state index in [0.29, 0.717) is 18.0 Å². The van der Waals surface area contributed by atoms with Gasteiger partial charge in [-0.05, 0) is 49.1 Å². The molecule has 0 bridgehead atoms. The minimum atomic E-state index is -0.225. The summed E-state index contributed by atoms with van der Waals surface area (Å²) in [5.41, 5.74) is 4.23. The molecule has 0 aliphatic rings. The third-order valence-corrected chi connectivity index (χ3v) is 3.54. The van der Waals surface area contributed by atoms with E-state index in [-0.39, 0.29) is 6.03 Å². The van der Waals surface area contributed by atoms with Crippen molar-refractivity contribution < 1.29 is 9.53 Å². The maximum absolute atomic E-state index is 12.0. The molecule has 0 aliphatic heterocycles. The second-order valence-electron chi connectivity index (χ2n) is 5.26. The number of methoxy groups -OCH3 is 1. The highest BCUT2D eigenvalue weighted by Crippen LogP contribution is 2.24. The van der Waals surface area contributed by atoms with Gasteiger partial charge in [-0.2, -0.15) is 0 Å². The standard InChI is InChI=1S/C18H22N2O2/c1-13-8-9-17(22-3)16(12-13)20-18(21)19-11-10-15-7-5-4-6-14(15)2/h4-9,12H,10-11H2,1-3H3,(H2,19,20,21). The fourth-order valence-corrected chi connectivity index (χ4v) is 2.29. The Hall–Kier alpha value is -2.49. The van der Waals surface area contributed by atoms with Crippen LogP contribution in [0.15, 0.2) is 42.5 Å². The van der Waals surface area contributed by atoms with Crippen LogP contribution in [0.1, 0.15) is 16.7 Å². The maximum Gasteiger partial charge on any atom is 0.319 e. The highest BCUT2D eigenvalue weighted by molar-refractivity contribution is 5.91. The molecule has 0 aromatic heterocycles. The molecule has 2 aromatic carbocycles. The third kappa shape index (κ3) is 4.25. The van der Waals surface area contributed by atoms with E-state index >= 15 is 0 Å². The molecule has 0 spiro atoms. The zero-order valence-electron chi connectivity index (χ0n) is 13.3. The Morgan fingerprint density at radius 2 is 1.91 bits per heavy atom. The molecule has 0 saturated heterocycles. The van der Waals surface area contributed by atoms with Gasteiger partial charge in [-0.15, -0.1) is 0 Å². The normalized spacial score (nSPS) is 10.1. The predicted molar refractivity (Wildman–Crippen MR) is 89.6 cm³/mol. The topological polar surface area (TPSA) is 50.4 Å². The largest absolute Gasteiger partial charge is 0.495 e. The van der Waals surface area contributed by atoms with Crippen LogP contribution in [0.3, 0.4) is 0 Å². The summed E-state index contributed by atoms with van der Waals surface area (Å²) < 4.78 is 5.25. The van der Waals surface area contributed by atoms with Crippen molar-refractivity contribution in [1.82, 2.24) is 5.32 Å². The van der Waals surface area contributed by atoms with Crippen molar-refractivity contribution in [2.24, 2.45) is 0 Å². The van der Waals surface area contributed by atoms with Crippen molar-refractivity contribution in [2.75, 3.05) is 19.0 Å². The summed E-state index contributed by atoms with van der Waals surface area (Å²) >= 11 is 0. The van der Waals surface area contributed by atoms with Crippen molar-refractivity contribution in [3.05, 3.63) is 59.2 Å². The lowest BCUT2D eigenvalue weighted by molar-refractivity contribution is 0.252. The van der Waals surface area contributed by atoms with E-state index in [9.17, 15) is 4.79 Å². The van der Waals surface area contributed by atoms with E-state index in [4.69, 9.17) is 4.74 Å². The Morgan fingerprint density at radius 3 is 2.64 bits per heavy atom. The van der Waals surface area contributed by atoms with E-state index in [1.807, 2.05) is 37.3 Å². The van der Waals surface area contributed by atoms with Gasteiger partial charge in [0.05, 0.1) is 12.8 Å². The van der Waals surface area contributed by atoms with Gasteiger partial charge in [-0.1, -0.05) is 30.3 Å². The van der Waals surface area contributed by atoms with E-state index < -0.39 is 0 Å². The number of rotatable bonds is 5. The Balaban J connectivity index is 1.88. The van der Waals surface area contributed by atoms with Crippen LogP contribution < -0.4 is 15.4 Å². The molecule has 0 unspecified atom stereocenters. The van der Waals surface area contributed by atoms with Gasteiger partial charge in [0, 0.05) is 6.54 Å². The molecule has 2 aromatic rings. The second kappa shape index (κ2) is 7.50. The highest BCUT2D eigenvalue weighted by Gasteiger charge is 2.07. The lowest BCUT2D eigenvalue weighted by Crippen LogP contribution is -2.30. The van der Waals surface area contributed by atoms with Crippen LogP contribution in [0.25, 0.3) is 0 Å². The minimum absolute atomic E-state index is 0.225. The first-order valence-electron chi connectivity index (χ1n) is 7.34. The Labute approximate surface area is 131 Å². The van der Waals surface area contributed by atoms with Crippen LogP contribution in [0.4, 0.5) is 10.5 Å². The summed E-state index contributed by atoms with van der Waals surface area (Å²) in [6.07, 6.45) is 0.811. The molecule has 22 heavy (non-hydrogen) atoms. The van der Waals surface area contributed by atoms with Crippen LogP contribution in [0.2, 0.25) is 0 Å². The number of anilines is 1. The van der Waals surface area contributed by atoms with Crippen molar-refractivity contribution in [3.63, 3.8) is 0 Å². The molecule has 0 fully saturated rings. The Kier molecular flexibility index (Phi) is 5.42. The van der Waals surface area contributed by atoms with E-state index in [0.717, 1.165) is 12.0 Å². The monoisotopic (exact) mass is 298 g/mol. The number of carbonyl (C=O) groups excluding carboxylic acids is 1. The minimum Gasteiger partial charge on any atom is -0.495 e. The van der Waals surface area contributed by atoms with Crippen LogP contribution in [0, 0.1) is 13.8 Å². The number of amides is 2. The molecule has 2 N–H and O–H groups in total. The summed E-state index contributed by atoms with van der Waals surface area (Å²) in [6, 6.07) is 13.6. The molecule has 4 nitrogen and oxygen atoms in total. The molecule has 2 amide bonds. The second-order valence-corrected chi connectivity index (χ2v) is 5.26. The molecule has 0 radical (unpaired) electrons. The van der Waals surface area contributed by atoms with Crippen molar-refractivity contribution in [1.29, 1.82) is 0 Å². The number of benzene rings is 2. The van der Waals surface area contributed by atoms with E-state index in [1.165, 1.54) is 11.1 Å². The van der Waals surface area contributed by atoms with E-state index in [2.05, 4.69) is 29.7 Å². The fourth-order valence-electron chi connectivity index (χ4n) is 2.29.